The molecule has 7 heterocycles. The van der Waals surface area contributed by atoms with Crippen LogP contribution in [-0.4, -0.2) is 410 Å². The van der Waals surface area contributed by atoms with Gasteiger partial charge in [0.25, 0.3) is 23.6 Å². The van der Waals surface area contributed by atoms with Crippen LogP contribution in [0.25, 0.3) is 5.69 Å². The molecule has 43 heteroatoms. The van der Waals surface area contributed by atoms with Gasteiger partial charge in [-0.2, -0.15) is 4.68 Å². The Morgan fingerprint density at radius 3 is 1.54 bits per heavy atom. The first-order chi connectivity index (χ1) is 54.0. The molecule has 5 fully saturated rings. The van der Waals surface area contributed by atoms with Crippen molar-refractivity contribution >= 4 is 35.2 Å². The maximum absolute atomic E-state index is 13.5. The van der Waals surface area contributed by atoms with E-state index in [1.807, 2.05) is 18.7 Å². The number of nitrogens with one attached hydrogen (secondary N) is 2. The first kappa shape index (κ1) is 92.9. The van der Waals surface area contributed by atoms with E-state index in [0.29, 0.717) is 107 Å². The molecular weight excluding hydrogens is 1490 g/mol. The third kappa shape index (κ3) is 25.1. The van der Waals surface area contributed by atoms with Crippen molar-refractivity contribution in [1.29, 1.82) is 0 Å². The molecule has 4 amide bonds. The van der Waals surface area contributed by atoms with Crippen molar-refractivity contribution in [3.05, 3.63) is 47.4 Å². The number of nitrogens with zero attached hydrogens (tertiary/aromatic N) is 9. The van der Waals surface area contributed by atoms with Crippen LogP contribution in [0.3, 0.4) is 0 Å². The van der Waals surface area contributed by atoms with E-state index in [2.05, 4.69) is 31.3 Å². The van der Waals surface area contributed by atoms with E-state index in [0.717, 1.165) is 0 Å². The summed E-state index contributed by atoms with van der Waals surface area (Å²) in [6, 6.07) is 7.17. The van der Waals surface area contributed by atoms with Crippen molar-refractivity contribution in [2.75, 3.05) is 166 Å². The fourth-order valence-corrected chi connectivity index (χ4v) is 12.7. The second-order valence-electron chi connectivity index (χ2n) is 26.2. The molecule has 5 aliphatic rings. The number of ketones is 1. The second kappa shape index (κ2) is 47.7. The lowest BCUT2D eigenvalue weighted by molar-refractivity contribution is -0.305. The summed E-state index contributed by atoms with van der Waals surface area (Å²) in [5.74, 6) is -1.86. The van der Waals surface area contributed by atoms with E-state index in [1.165, 1.54) is 63.1 Å². The van der Waals surface area contributed by atoms with Gasteiger partial charge in [-0.1, -0.05) is 22.6 Å². The highest BCUT2D eigenvalue weighted by Gasteiger charge is 2.53. The number of rotatable bonds is 45. The van der Waals surface area contributed by atoms with Crippen molar-refractivity contribution in [3.63, 3.8) is 0 Å². The molecule has 0 bridgehead atoms. The summed E-state index contributed by atoms with van der Waals surface area (Å²) >= 11 is 0. The molecule has 5 aliphatic heterocycles. The molecule has 8 rings (SSSR count). The molecule has 0 spiro atoms. The van der Waals surface area contributed by atoms with Gasteiger partial charge in [-0.05, 0) is 51.3 Å². The molecule has 636 valence electrons. The zero-order chi connectivity index (χ0) is 81.6. The van der Waals surface area contributed by atoms with Crippen LogP contribution < -0.4 is 15.5 Å². The molecule has 1 aromatic carbocycles. The number of aliphatic hydroxyl groups is 10. The topological polar surface area (TPSA) is 540 Å². The Hall–Kier alpha value is -6.23. The number of carbonyl (C=O) groups is 5. The molecule has 4 unspecified atom stereocenters. The number of ether oxygens (including phenoxy) is 17. The number of Topliss-reactive ketones (excluding diaryl/α,β-unsaturated/α-hetero) is 1. The van der Waals surface area contributed by atoms with Gasteiger partial charge in [0.1, 0.15) is 84.6 Å². The Kier molecular flexibility index (Phi) is 39.6. The smallest absolute Gasteiger partial charge is 0.254 e. The van der Waals surface area contributed by atoms with Crippen molar-refractivity contribution in [3.8, 4) is 5.69 Å². The maximum atomic E-state index is 13.5. The van der Waals surface area contributed by atoms with Crippen molar-refractivity contribution < 1.29 is 156 Å². The molecule has 20 atom stereocenters. The first-order valence-electron chi connectivity index (χ1n) is 37.1. The molecule has 2 aromatic heterocycles. The highest BCUT2D eigenvalue weighted by molar-refractivity contribution is 5.92. The summed E-state index contributed by atoms with van der Waals surface area (Å²) in [4.78, 5) is 69.6. The summed E-state index contributed by atoms with van der Waals surface area (Å²) in [6.45, 7) is 10.7. The molecule has 0 aliphatic carbocycles. The third-order valence-corrected chi connectivity index (χ3v) is 18.9. The standard InChI is InChI=1S/C35H54N6O15.C34H59N5O17/c1-6-40(7-2)32-21(18-42)37-38-41(32)20-10-8-19(9-11-20)16-36-31(47)29-28(24(44)25(45)34(50-5)55-29)53-14-15-54-35-26(46)23(43)27(49-4)30(56-35)33(48)39(3)17-22-51-12-13-52-22;1-5-38(9-6-7-11-40)32(47)30-27(48-3)23(42)26(45)34(56-30)54-19-18-53-28-24(43)25(44)33(49-4)55-29(28)31(46)35-8-12-50-14-16-52-17-15-51-13-10-39-22(21(2)41)20-36-37-39/h8-11,22-30,34-35,42-46H,6-7,12-18H2,1-5H3,(H,36,47);20,23-30,33-34,40,42-45H,5-19H2,1-4H3,(H,35,46)/t23-,24-,25+,26+,27+,28+,29?,30?,34-,35-;23-,24-,25+,26+,27+,28+,29?,30?,33-,34-/m11/s1. The third-order valence-electron chi connectivity index (χ3n) is 18.9. The lowest BCUT2D eigenvalue weighted by Crippen LogP contribution is -2.63. The van der Waals surface area contributed by atoms with E-state index in [-0.39, 0.29) is 84.9 Å². The quantitative estimate of drug-likeness (QED) is 0.0185. The summed E-state index contributed by atoms with van der Waals surface area (Å²) < 4.78 is 96.9. The minimum Gasteiger partial charge on any atom is -0.396 e. The van der Waals surface area contributed by atoms with E-state index in [4.69, 9.17) is 85.6 Å². The molecule has 12 N–H and O–H groups in total. The number of anilines is 1. The Morgan fingerprint density at radius 2 is 1.04 bits per heavy atom. The number of unbranched alkanes of at least 4 members (excludes halogenated alkanes) is 1. The van der Waals surface area contributed by atoms with Crippen molar-refractivity contribution in [2.24, 2.45) is 0 Å². The number of benzene rings is 1. The lowest BCUT2D eigenvalue weighted by atomic mass is 9.97. The minimum atomic E-state index is -1.62. The molecule has 3 aromatic rings. The number of likely N-dealkylation sites (N-methyl/N-ethyl adjacent to an activating group) is 2. The van der Waals surface area contributed by atoms with E-state index in [9.17, 15) is 69.9 Å². The Balaban J connectivity index is 0.000000311. The molecule has 0 saturated carbocycles. The Morgan fingerprint density at radius 1 is 0.554 bits per heavy atom. The monoisotopic (exact) mass is 1610 g/mol. The van der Waals surface area contributed by atoms with Crippen LogP contribution in [0.15, 0.2) is 30.5 Å². The molecular formula is C69H113N11O32. The van der Waals surface area contributed by atoms with Crippen LogP contribution in [0.2, 0.25) is 0 Å². The average molecular weight is 1610 g/mol. The largest absolute Gasteiger partial charge is 0.396 e. The van der Waals surface area contributed by atoms with Gasteiger partial charge in [-0.25, -0.2) is 4.68 Å². The Labute approximate surface area is 647 Å². The Bertz CT molecular complexity index is 3250. The highest BCUT2D eigenvalue weighted by atomic mass is 16.7. The minimum absolute atomic E-state index is 0.0257. The van der Waals surface area contributed by atoms with Crippen LogP contribution in [0.1, 0.15) is 62.3 Å². The van der Waals surface area contributed by atoms with Crippen molar-refractivity contribution in [1.82, 2.24) is 50.4 Å². The summed E-state index contributed by atoms with van der Waals surface area (Å²) in [5, 5.41) is 126. The van der Waals surface area contributed by atoms with Gasteiger partial charge in [-0.15, -0.1) is 10.2 Å². The molecule has 5 saturated heterocycles. The number of aromatic nitrogens is 6. The summed E-state index contributed by atoms with van der Waals surface area (Å²) in [6.07, 6.45) is -27.3. The van der Waals surface area contributed by atoms with Gasteiger partial charge in [0.2, 0.25) is 0 Å². The lowest BCUT2D eigenvalue weighted by Gasteiger charge is -2.42. The highest BCUT2D eigenvalue weighted by Crippen LogP contribution is 2.31. The van der Waals surface area contributed by atoms with E-state index < -0.39 is 153 Å². The van der Waals surface area contributed by atoms with Crippen LogP contribution in [0.4, 0.5) is 5.82 Å². The van der Waals surface area contributed by atoms with Crippen molar-refractivity contribution in [2.45, 2.75) is 189 Å². The van der Waals surface area contributed by atoms with E-state index in [1.54, 1.807) is 35.9 Å². The van der Waals surface area contributed by atoms with Crippen LogP contribution >= 0.6 is 0 Å². The average Bonchev–Trinajstić information content (AvgIpc) is 1.39. The maximum Gasteiger partial charge on any atom is 0.254 e. The number of amides is 4. The zero-order valence-electron chi connectivity index (χ0n) is 64.5. The fourth-order valence-electron chi connectivity index (χ4n) is 12.7. The predicted octanol–water partition coefficient (Wildman–Crippen LogP) is -6.77. The van der Waals surface area contributed by atoms with Gasteiger partial charge in [0.05, 0.1) is 111 Å². The SMILES string of the molecule is CCN(CC)c1c(CO)nnn1-c1ccc(CNC(=O)C2O[C@@H](OC)[C@@H](O)[C@@H](O)[C@@H]2OCCO[C@@H]2OC(C(=O)N(C)CC3OCCO3)[C@@H](OC)[C@H](O)[C@@H]2O)cc1.CCN(CCCCO)C(=O)C1O[C@@H](OCCO[C@@H]2C(C(=O)NCCOCCOCCOCCn3nncc3C(C)=O)O[C@@H](OC)[C@@H](O)[C@H]2O)[C@@H](O)[C@@H](O)[C@@H]1OC. The predicted molar refractivity (Wildman–Crippen MR) is 380 cm³/mol. The molecule has 0 radical (unpaired) electrons. The molecule has 112 heavy (non-hydrogen) atoms. The summed E-state index contributed by atoms with van der Waals surface area (Å²) in [5.41, 5.74) is 2.26. The number of methoxy groups -OCH3 is 4. The van der Waals surface area contributed by atoms with Gasteiger partial charge in [-0.3, -0.25) is 24.0 Å². The zero-order valence-corrected chi connectivity index (χ0v) is 64.5. The van der Waals surface area contributed by atoms with Gasteiger partial charge >= 0.3 is 0 Å². The normalized spacial score (nSPS) is 28.8. The van der Waals surface area contributed by atoms with Crippen LogP contribution in [0, 0.1) is 0 Å². The van der Waals surface area contributed by atoms with E-state index >= 15 is 0 Å². The first-order valence-corrected chi connectivity index (χ1v) is 37.1. The summed E-state index contributed by atoms with van der Waals surface area (Å²) in [7, 11) is 6.53. The number of aliphatic hydroxyl groups excluding tert-OH is 10. The number of hydrogen-bond acceptors (Lipinski definition) is 37. The number of hydrogen-bond donors (Lipinski definition) is 12. The number of carbonyl (C=O) groups excluding carboxylic acids is 5. The second-order valence-corrected chi connectivity index (χ2v) is 26.2. The fraction of sp³-hybridized carbons (Fsp3) is 0.783. The molecule has 43 nitrogen and oxygen atoms in total. The van der Waals surface area contributed by atoms with Gasteiger partial charge < -0.3 is 157 Å². The van der Waals surface area contributed by atoms with Crippen LogP contribution in [-0.2, 0) is 119 Å². The van der Waals surface area contributed by atoms with Crippen LogP contribution in [0.5, 0.6) is 0 Å². The van der Waals surface area contributed by atoms with Gasteiger partial charge in [0.15, 0.2) is 67.5 Å². The van der Waals surface area contributed by atoms with Gasteiger partial charge in [0, 0.05) is 88.3 Å².